The van der Waals surface area contributed by atoms with Crippen molar-refractivity contribution in [2.45, 2.75) is 117 Å². The van der Waals surface area contributed by atoms with Crippen molar-refractivity contribution in [2.24, 2.45) is 52.3 Å². The zero-order chi connectivity index (χ0) is 21.5. The molecular weight excluding hydrogens is 382 g/mol. The molecule has 170 valence electrons. The van der Waals surface area contributed by atoms with E-state index in [1.165, 1.54) is 77.0 Å². The van der Waals surface area contributed by atoms with Crippen LogP contribution in [0.3, 0.4) is 0 Å². The highest BCUT2D eigenvalue weighted by Crippen LogP contribution is 2.68. The molecule has 0 N–H and O–H groups in total. The minimum atomic E-state index is 0.567. The average Bonchev–Trinajstić information content (AvgIpc) is 3.05. The van der Waals surface area contributed by atoms with Gasteiger partial charge in [-0.25, -0.2) is 0 Å². The fraction of sp³-hybridized carbons (Fsp3) is 0.964. The second-order valence-electron chi connectivity index (χ2n) is 12.8. The van der Waals surface area contributed by atoms with Gasteiger partial charge in [-0.1, -0.05) is 53.9 Å². The lowest BCUT2D eigenvalue weighted by atomic mass is 9.44. The van der Waals surface area contributed by atoms with Crippen LogP contribution in [0.15, 0.2) is 0 Å². The van der Waals surface area contributed by atoms with Gasteiger partial charge in [0.1, 0.15) is 5.40 Å². The first kappa shape index (κ1) is 23.0. The van der Waals surface area contributed by atoms with E-state index in [-0.39, 0.29) is 0 Å². The summed E-state index contributed by atoms with van der Waals surface area (Å²) in [6.45, 7) is 12.7. The lowest BCUT2D eigenvalue weighted by Crippen LogP contribution is -2.54. The van der Waals surface area contributed by atoms with Gasteiger partial charge in [-0.2, -0.15) is 5.26 Å². The van der Waals surface area contributed by atoms with Crippen molar-refractivity contribution in [3.05, 3.63) is 0 Å². The largest absolute Gasteiger partial charge is 0.185 e. The first-order chi connectivity index (χ1) is 14.3. The molecule has 0 aliphatic heterocycles. The number of nitriles is 1. The van der Waals surface area contributed by atoms with Crippen LogP contribution in [0.4, 0.5) is 0 Å². The molecule has 0 aromatic carbocycles. The van der Waals surface area contributed by atoms with Crippen molar-refractivity contribution in [1.29, 1.82) is 5.26 Å². The molecule has 4 aliphatic carbocycles. The van der Waals surface area contributed by atoms with Crippen LogP contribution in [0.25, 0.3) is 0 Å². The van der Waals surface area contributed by atoms with Crippen molar-refractivity contribution >= 4 is 11.8 Å². The van der Waals surface area contributed by atoms with Gasteiger partial charge in [-0.3, -0.25) is 0 Å². The van der Waals surface area contributed by atoms with E-state index in [0.29, 0.717) is 16.1 Å². The van der Waals surface area contributed by atoms with E-state index in [1.807, 2.05) is 0 Å². The summed E-state index contributed by atoms with van der Waals surface area (Å²) in [5, 5.41) is 12.2. The predicted octanol–water partition coefficient (Wildman–Crippen LogP) is 8.69. The monoisotopic (exact) mass is 429 g/mol. The Morgan fingerprint density at radius 1 is 0.900 bits per heavy atom. The molecular formula is C28H47NS. The van der Waals surface area contributed by atoms with E-state index in [4.69, 9.17) is 5.26 Å². The molecule has 9 atom stereocenters. The standard InChI is InChI=1S/C28H47NS/c1-19(2)7-6-8-20(3)24-11-12-25-23-10-9-21-17-22(30-18-29)13-15-27(21,4)26(23)14-16-28(24,25)5/h19-26H,6-17H2,1-5H3/t20-,21+,22+,23+,24-,25+,26+,27+,28-/m1/s1. The number of hydrogen-bond acceptors (Lipinski definition) is 2. The molecule has 0 aromatic rings. The molecule has 2 heteroatoms. The smallest absolute Gasteiger partial charge is 0.133 e. The summed E-state index contributed by atoms with van der Waals surface area (Å²) in [4.78, 5) is 0. The van der Waals surface area contributed by atoms with Crippen molar-refractivity contribution in [3.8, 4) is 5.40 Å². The average molecular weight is 430 g/mol. The second-order valence-corrected chi connectivity index (χ2v) is 13.9. The van der Waals surface area contributed by atoms with Crippen LogP contribution in [0.5, 0.6) is 0 Å². The molecule has 4 rings (SSSR count). The van der Waals surface area contributed by atoms with E-state index in [0.717, 1.165) is 41.4 Å². The van der Waals surface area contributed by atoms with Crippen LogP contribution < -0.4 is 0 Å². The Bertz CT molecular complexity index is 637. The highest BCUT2D eigenvalue weighted by atomic mass is 32.2. The van der Waals surface area contributed by atoms with E-state index in [2.05, 4.69) is 40.0 Å². The summed E-state index contributed by atoms with van der Waals surface area (Å²) in [5.41, 5.74) is 1.19. The van der Waals surface area contributed by atoms with E-state index >= 15 is 0 Å². The summed E-state index contributed by atoms with van der Waals surface area (Å²) in [7, 11) is 0. The van der Waals surface area contributed by atoms with Gasteiger partial charge >= 0.3 is 0 Å². The number of fused-ring (bicyclic) bond motifs is 5. The van der Waals surface area contributed by atoms with Crippen molar-refractivity contribution < 1.29 is 0 Å². The van der Waals surface area contributed by atoms with E-state index in [9.17, 15) is 0 Å². The minimum absolute atomic E-state index is 0.567. The normalized spacial score (nSPS) is 46.6. The van der Waals surface area contributed by atoms with Crippen LogP contribution in [-0.4, -0.2) is 5.25 Å². The van der Waals surface area contributed by atoms with Crippen LogP contribution in [0, 0.1) is 62.9 Å². The number of rotatable bonds is 6. The maximum atomic E-state index is 9.16. The van der Waals surface area contributed by atoms with Gasteiger partial charge in [0.2, 0.25) is 0 Å². The van der Waals surface area contributed by atoms with Crippen LogP contribution in [0.1, 0.15) is 112 Å². The van der Waals surface area contributed by atoms with Gasteiger partial charge in [-0.15, -0.1) is 0 Å². The Hall–Kier alpha value is -0.160. The highest BCUT2D eigenvalue weighted by Gasteiger charge is 2.60. The van der Waals surface area contributed by atoms with E-state index < -0.39 is 0 Å². The quantitative estimate of drug-likeness (QED) is 0.394. The topological polar surface area (TPSA) is 23.8 Å². The summed E-state index contributed by atoms with van der Waals surface area (Å²) in [5.74, 6) is 6.60. The van der Waals surface area contributed by atoms with E-state index in [1.54, 1.807) is 11.8 Å². The fourth-order valence-corrected chi connectivity index (χ4v) is 10.1. The number of thioether (sulfide) groups is 1. The lowest BCUT2D eigenvalue weighted by Gasteiger charge is -2.61. The number of thiocyanates is 1. The molecule has 4 saturated carbocycles. The second kappa shape index (κ2) is 9.00. The van der Waals surface area contributed by atoms with Crippen molar-refractivity contribution in [3.63, 3.8) is 0 Å². The maximum absolute atomic E-state index is 9.16. The molecule has 0 heterocycles. The third-order valence-electron chi connectivity index (χ3n) is 11.0. The van der Waals surface area contributed by atoms with Gasteiger partial charge < -0.3 is 0 Å². The Kier molecular flexibility index (Phi) is 6.90. The molecule has 0 spiro atoms. The summed E-state index contributed by atoms with van der Waals surface area (Å²) in [6.07, 6.45) is 17.2. The summed E-state index contributed by atoms with van der Waals surface area (Å²) < 4.78 is 0. The lowest BCUT2D eigenvalue weighted by molar-refractivity contribution is -0.113. The van der Waals surface area contributed by atoms with Gasteiger partial charge in [0.05, 0.1) is 0 Å². The molecule has 0 amide bonds. The predicted molar refractivity (Wildman–Crippen MR) is 130 cm³/mol. The zero-order valence-corrected chi connectivity index (χ0v) is 21.3. The fourth-order valence-electron chi connectivity index (χ4n) is 9.42. The highest BCUT2D eigenvalue weighted by molar-refractivity contribution is 8.04. The van der Waals surface area contributed by atoms with Crippen molar-refractivity contribution in [1.82, 2.24) is 0 Å². The van der Waals surface area contributed by atoms with Gasteiger partial charge in [0, 0.05) is 5.25 Å². The molecule has 1 nitrogen and oxygen atoms in total. The Morgan fingerprint density at radius 2 is 1.63 bits per heavy atom. The maximum Gasteiger partial charge on any atom is 0.133 e. The molecule has 0 radical (unpaired) electrons. The van der Waals surface area contributed by atoms with Gasteiger partial charge in [-0.05, 0) is 122 Å². The SMILES string of the molecule is CC(C)CCC[C@@H](C)[C@H]1CC[C@H]2[C@@H]3CC[C@H]4C[C@@H](SC#N)CC[C@]4(C)[C@H]3CC[C@]12C. The van der Waals surface area contributed by atoms with Crippen LogP contribution in [-0.2, 0) is 0 Å². The molecule has 0 saturated heterocycles. The van der Waals surface area contributed by atoms with Gasteiger partial charge in [0.25, 0.3) is 0 Å². The van der Waals surface area contributed by atoms with Crippen LogP contribution >= 0.6 is 11.8 Å². The minimum Gasteiger partial charge on any atom is -0.185 e. The molecule has 4 aliphatic rings. The first-order valence-corrected chi connectivity index (χ1v) is 14.2. The van der Waals surface area contributed by atoms with Gasteiger partial charge in [0.15, 0.2) is 0 Å². The summed E-state index contributed by atoms with van der Waals surface area (Å²) in [6, 6.07) is 0. The third-order valence-corrected chi connectivity index (χ3v) is 11.9. The Morgan fingerprint density at radius 3 is 2.37 bits per heavy atom. The molecule has 0 aromatic heterocycles. The number of hydrogen-bond donors (Lipinski definition) is 0. The summed E-state index contributed by atoms with van der Waals surface area (Å²) >= 11 is 1.57. The Labute approximate surface area is 191 Å². The van der Waals surface area contributed by atoms with Crippen LogP contribution in [0.2, 0.25) is 0 Å². The molecule has 30 heavy (non-hydrogen) atoms. The molecule has 0 bridgehead atoms. The Balaban J connectivity index is 1.44. The third kappa shape index (κ3) is 4.00. The first-order valence-electron chi connectivity index (χ1n) is 13.3. The van der Waals surface area contributed by atoms with Crippen molar-refractivity contribution in [2.75, 3.05) is 0 Å². The number of nitrogens with zero attached hydrogens (tertiary/aromatic N) is 1. The zero-order valence-electron chi connectivity index (χ0n) is 20.5. The molecule has 4 fully saturated rings. The molecule has 0 unspecified atom stereocenters.